The summed E-state index contributed by atoms with van der Waals surface area (Å²) < 4.78 is 7.36. The van der Waals surface area contributed by atoms with Crippen LogP contribution in [0.5, 0.6) is 5.75 Å². The smallest absolute Gasteiger partial charge is 0.262 e. The van der Waals surface area contributed by atoms with Crippen molar-refractivity contribution in [2.75, 3.05) is 11.9 Å². The van der Waals surface area contributed by atoms with Crippen molar-refractivity contribution in [3.63, 3.8) is 0 Å². The first-order valence-corrected chi connectivity index (χ1v) is 10.2. The minimum atomic E-state index is -0.369. The first-order chi connectivity index (χ1) is 14.1. The van der Waals surface area contributed by atoms with E-state index in [0.717, 1.165) is 11.4 Å². The quantitative estimate of drug-likeness (QED) is 0.495. The summed E-state index contributed by atoms with van der Waals surface area (Å²) in [4.78, 5) is 24.5. The Morgan fingerprint density at radius 2 is 2.03 bits per heavy atom. The SMILES string of the molecule is CCn1c(SC(C)C(=O)c2ccc3c(c2)NC(=O)CO3)nnc1-c1ccccc1. The molecule has 0 saturated heterocycles. The minimum absolute atomic E-state index is 0.0109. The van der Waals surface area contributed by atoms with Gasteiger partial charge in [0.1, 0.15) is 5.75 Å². The highest BCUT2D eigenvalue weighted by atomic mass is 32.2. The van der Waals surface area contributed by atoms with E-state index in [1.54, 1.807) is 18.2 Å². The molecule has 1 aliphatic rings. The number of anilines is 1. The maximum absolute atomic E-state index is 13.0. The molecule has 0 fully saturated rings. The van der Waals surface area contributed by atoms with E-state index in [-0.39, 0.29) is 23.5 Å². The average molecular weight is 408 g/mol. The molecule has 0 aliphatic carbocycles. The highest BCUT2D eigenvalue weighted by molar-refractivity contribution is 8.00. The number of nitrogens with zero attached hydrogens (tertiary/aromatic N) is 3. The number of rotatable bonds is 6. The van der Waals surface area contributed by atoms with Gasteiger partial charge >= 0.3 is 0 Å². The number of carbonyl (C=O) groups excluding carboxylic acids is 2. The van der Waals surface area contributed by atoms with Gasteiger partial charge in [0, 0.05) is 17.7 Å². The van der Waals surface area contributed by atoms with E-state index in [1.165, 1.54) is 11.8 Å². The lowest BCUT2D eigenvalue weighted by Gasteiger charge is -2.19. The molecule has 4 rings (SSSR count). The van der Waals surface area contributed by atoms with Crippen LogP contribution in [-0.2, 0) is 11.3 Å². The topological polar surface area (TPSA) is 86.1 Å². The molecule has 7 nitrogen and oxygen atoms in total. The second-order valence-electron chi connectivity index (χ2n) is 6.59. The number of amides is 1. The lowest BCUT2D eigenvalue weighted by Crippen LogP contribution is -2.25. The number of hydrogen-bond acceptors (Lipinski definition) is 6. The van der Waals surface area contributed by atoms with Crippen LogP contribution in [0.2, 0.25) is 0 Å². The number of fused-ring (bicyclic) bond motifs is 1. The molecule has 3 aromatic rings. The summed E-state index contributed by atoms with van der Waals surface area (Å²) in [6, 6.07) is 14.9. The van der Waals surface area contributed by atoms with Crippen molar-refractivity contribution in [3.8, 4) is 17.1 Å². The second kappa shape index (κ2) is 8.08. The number of ether oxygens (including phenoxy) is 1. The number of Topliss-reactive ketones (excluding diaryl/α,β-unsaturated/α-hetero) is 1. The van der Waals surface area contributed by atoms with Crippen molar-refractivity contribution in [2.45, 2.75) is 30.8 Å². The number of benzene rings is 2. The Morgan fingerprint density at radius 3 is 2.79 bits per heavy atom. The van der Waals surface area contributed by atoms with Crippen LogP contribution in [0.15, 0.2) is 53.7 Å². The van der Waals surface area contributed by atoms with Crippen molar-refractivity contribution < 1.29 is 14.3 Å². The standard InChI is InChI=1S/C21H20N4O3S/c1-3-25-20(14-7-5-4-6-8-14)23-24-21(25)29-13(2)19(27)15-9-10-17-16(11-15)22-18(26)12-28-17/h4-11,13H,3,12H2,1-2H3,(H,22,26). The van der Waals surface area contributed by atoms with Gasteiger partial charge in [0.05, 0.1) is 10.9 Å². The molecule has 2 aromatic carbocycles. The molecule has 1 aliphatic heterocycles. The van der Waals surface area contributed by atoms with E-state index < -0.39 is 0 Å². The molecular weight excluding hydrogens is 388 g/mol. The third-order valence-corrected chi connectivity index (χ3v) is 5.69. The van der Waals surface area contributed by atoms with E-state index in [0.29, 0.717) is 28.7 Å². The number of carbonyl (C=O) groups is 2. The molecular formula is C21H20N4O3S. The number of nitrogens with one attached hydrogen (secondary N) is 1. The van der Waals surface area contributed by atoms with Crippen molar-refractivity contribution >= 4 is 29.1 Å². The van der Waals surface area contributed by atoms with Gasteiger partial charge in [0.2, 0.25) is 0 Å². The van der Waals surface area contributed by atoms with E-state index in [4.69, 9.17) is 4.74 Å². The van der Waals surface area contributed by atoms with Gasteiger partial charge in [-0.2, -0.15) is 0 Å². The van der Waals surface area contributed by atoms with E-state index in [2.05, 4.69) is 15.5 Å². The number of aromatic nitrogens is 3. The Bertz CT molecular complexity index is 1070. The van der Waals surface area contributed by atoms with Crippen molar-refractivity contribution in [3.05, 3.63) is 54.1 Å². The largest absolute Gasteiger partial charge is 0.482 e. The minimum Gasteiger partial charge on any atom is -0.482 e. The molecule has 0 bridgehead atoms. The van der Waals surface area contributed by atoms with Crippen LogP contribution < -0.4 is 10.1 Å². The lowest BCUT2D eigenvalue weighted by molar-refractivity contribution is -0.118. The number of ketones is 1. The molecule has 1 aromatic heterocycles. The molecule has 1 atom stereocenters. The summed E-state index contributed by atoms with van der Waals surface area (Å²) in [5.74, 6) is 1.07. The summed E-state index contributed by atoms with van der Waals surface area (Å²) in [6.45, 7) is 4.56. The van der Waals surface area contributed by atoms with Crippen LogP contribution in [0.1, 0.15) is 24.2 Å². The molecule has 0 spiro atoms. The first-order valence-electron chi connectivity index (χ1n) is 9.33. The zero-order chi connectivity index (χ0) is 20.4. The third kappa shape index (κ3) is 3.88. The average Bonchev–Trinajstić information content (AvgIpc) is 3.15. The van der Waals surface area contributed by atoms with Crippen LogP contribution in [0, 0.1) is 0 Å². The maximum Gasteiger partial charge on any atom is 0.262 e. The van der Waals surface area contributed by atoms with E-state index >= 15 is 0 Å². The summed E-state index contributed by atoms with van der Waals surface area (Å²) in [5.41, 5.74) is 2.02. The van der Waals surface area contributed by atoms with Gasteiger partial charge in [-0.3, -0.25) is 9.59 Å². The molecule has 1 unspecified atom stereocenters. The van der Waals surface area contributed by atoms with E-state index in [9.17, 15) is 9.59 Å². The molecule has 8 heteroatoms. The zero-order valence-corrected chi connectivity index (χ0v) is 16.9. The highest BCUT2D eigenvalue weighted by Gasteiger charge is 2.23. The molecule has 0 saturated carbocycles. The van der Waals surface area contributed by atoms with E-state index in [1.807, 2.05) is 48.7 Å². The molecule has 148 valence electrons. The Labute approximate surface area is 172 Å². The summed E-state index contributed by atoms with van der Waals surface area (Å²) in [6.07, 6.45) is 0. The van der Waals surface area contributed by atoms with Gasteiger partial charge in [-0.15, -0.1) is 10.2 Å². The fraction of sp³-hybridized carbons (Fsp3) is 0.238. The highest BCUT2D eigenvalue weighted by Crippen LogP contribution is 2.32. The Morgan fingerprint density at radius 1 is 1.24 bits per heavy atom. The van der Waals surface area contributed by atoms with Crippen LogP contribution in [0.3, 0.4) is 0 Å². The van der Waals surface area contributed by atoms with Gasteiger partial charge in [-0.05, 0) is 32.0 Å². The molecule has 2 heterocycles. The fourth-order valence-electron chi connectivity index (χ4n) is 3.14. The van der Waals surface area contributed by atoms with Gasteiger partial charge < -0.3 is 14.6 Å². The Balaban J connectivity index is 1.55. The predicted octanol–water partition coefficient (Wildman–Crippen LogP) is 3.66. The molecule has 1 amide bonds. The number of hydrogen-bond donors (Lipinski definition) is 1. The number of thioether (sulfide) groups is 1. The summed E-state index contributed by atoms with van der Waals surface area (Å²) in [5, 5.41) is 11.7. The Kier molecular flexibility index (Phi) is 5.35. The molecule has 1 N–H and O–H groups in total. The van der Waals surface area contributed by atoms with Crippen molar-refractivity contribution in [1.82, 2.24) is 14.8 Å². The Hall–Kier alpha value is -3.13. The normalized spacial score (nSPS) is 13.9. The van der Waals surface area contributed by atoms with Gasteiger partial charge in [-0.1, -0.05) is 42.1 Å². The zero-order valence-electron chi connectivity index (χ0n) is 16.1. The van der Waals surface area contributed by atoms with Crippen LogP contribution in [0.25, 0.3) is 11.4 Å². The van der Waals surface area contributed by atoms with Gasteiger partial charge in [-0.25, -0.2) is 0 Å². The summed E-state index contributed by atoms with van der Waals surface area (Å²) in [7, 11) is 0. The monoisotopic (exact) mass is 408 g/mol. The van der Waals surface area contributed by atoms with Crippen LogP contribution in [-0.4, -0.2) is 38.3 Å². The third-order valence-electron chi connectivity index (χ3n) is 4.61. The van der Waals surface area contributed by atoms with Crippen molar-refractivity contribution in [2.24, 2.45) is 0 Å². The predicted molar refractivity (Wildman–Crippen MR) is 111 cm³/mol. The molecule has 29 heavy (non-hydrogen) atoms. The van der Waals surface area contributed by atoms with Crippen molar-refractivity contribution in [1.29, 1.82) is 0 Å². The van der Waals surface area contributed by atoms with Gasteiger partial charge in [0.15, 0.2) is 23.4 Å². The first kappa shape index (κ1) is 19.2. The lowest BCUT2D eigenvalue weighted by atomic mass is 10.1. The summed E-state index contributed by atoms with van der Waals surface area (Å²) >= 11 is 1.37. The second-order valence-corrected chi connectivity index (χ2v) is 7.90. The molecule has 0 radical (unpaired) electrons. The fourth-order valence-corrected chi connectivity index (χ4v) is 4.13. The van der Waals surface area contributed by atoms with Crippen LogP contribution >= 0.6 is 11.8 Å². The maximum atomic E-state index is 13.0. The van der Waals surface area contributed by atoms with Crippen LogP contribution in [0.4, 0.5) is 5.69 Å². The van der Waals surface area contributed by atoms with Gasteiger partial charge in [0.25, 0.3) is 5.91 Å².